The Kier molecular flexibility index (Phi) is 3.50. The second-order valence-corrected chi connectivity index (χ2v) is 4.15. The fourth-order valence-electron chi connectivity index (χ4n) is 1.60. The number of aromatic nitrogens is 1. The SMILES string of the molecule is CC(C)Oc1ccc(-c2ncoc2C(=O)O)cc1F. The summed E-state index contributed by atoms with van der Waals surface area (Å²) in [5.74, 6) is -2.04. The van der Waals surface area contributed by atoms with Gasteiger partial charge >= 0.3 is 5.97 Å². The molecule has 2 rings (SSSR count). The molecule has 0 radical (unpaired) electrons. The summed E-state index contributed by atoms with van der Waals surface area (Å²) in [6.45, 7) is 3.57. The molecule has 1 aromatic heterocycles. The van der Waals surface area contributed by atoms with Gasteiger partial charge in [0.15, 0.2) is 18.0 Å². The minimum atomic E-state index is -1.25. The first-order chi connectivity index (χ1) is 8.99. The lowest BCUT2D eigenvalue weighted by Crippen LogP contribution is -2.07. The first kappa shape index (κ1) is 13.1. The minimum absolute atomic E-state index is 0.0856. The number of rotatable bonds is 4. The van der Waals surface area contributed by atoms with Gasteiger partial charge in [-0.25, -0.2) is 14.2 Å². The van der Waals surface area contributed by atoms with E-state index in [1.54, 1.807) is 13.8 Å². The molecule has 0 atom stereocenters. The molecule has 5 nitrogen and oxygen atoms in total. The van der Waals surface area contributed by atoms with E-state index < -0.39 is 11.8 Å². The molecule has 0 amide bonds. The van der Waals surface area contributed by atoms with Crippen molar-refractivity contribution >= 4 is 5.97 Å². The Balaban J connectivity index is 2.39. The highest BCUT2D eigenvalue weighted by atomic mass is 19.1. The smallest absolute Gasteiger partial charge is 0.374 e. The van der Waals surface area contributed by atoms with Crippen molar-refractivity contribution in [1.82, 2.24) is 4.98 Å². The summed E-state index contributed by atoms with van der Waals surface area (Å²) in [4.78, 5) is 14.7. The number of carbonyl (C=O) groups is 1. The maximum atomic E-state index is 13.8. The van der Waals surface area contributed by atoms with Crippen molar-refractivity contribution in [1.29, 1.82) is 0 Å². The number of benzene rings is 1. The lowest BCUT2D eigenvalue weighted by atomic mass is 10.1. The van der Waals surface area contributed by atoms with Gasteiger partial charge in [-0.1, -0.05) is 0 Å². The summed E-state index contributed by atoms with van der Waals surface area (Å²) in [7, 11) is 0. The Morgan fingerprint density at radius 3 is 2.79 bits per heavy atom. The van der Waals surface area contributed by atoms with E-state index in [2.05, 4.69) is 4.98 Å². The van der Waals surface area contributed by atoms with Crippen molar-refractivity contribution in [2.75, 3.05) is 0 Å². The van der Waals surface area contributed by atoms with Gasteiger partial charge in [-0.3, -0.25) is 0 Å². The number of halogens is 1. The Morgan fingerprint density at radius 1 is 1.47 bits per heavy atom. The predicted octanol–water partition coefficient (Wildman–Crippen LogP) is 2.97. The minimum Gasteiger partial charge on any atom is -0.488 e. The van der Waals surface area contributed by atoms with Gasteiger partial charge in [0.25, 0.3) is 0 Å². The van der Waals surface area contributed by atoms with Crippen LogP contribution in [-0.2, 0) is 0 Å². The number of ether oxygens (including phenoxy) is 1. The summed E-state index contributed by atoms with van der Waals surface area (Å²) in [5, 5.41) is 8.91. The predicted molar refractivity (Wildman–Crippen MR) is 64.6 cm³/mol. The monoisotopic (exact) mass is 265 g/mol. The molecule has 0 saturated heterocycles. The number of nitrogens with zero attached hydrogens (tertiary/aromatic N) is 1. The molecule has 1 N–H and O–H groups in total. The molecule has 0 aliphatic carbocycles. The van der Waals surface area contributed by atoms with Crippen LogP contribution in [0.1, 0.15) is 24.4 Å². The van der Waals surface area contributed by atoms with Crippen LogP contribution >= 0.6 is 0 Å². The maximum Gasteiger partial charge on any atom is 0.374 e. The van der Waals surface area contributed by atoms with E-state index in [-0.39, 0.29) is 23.3 Å². The zero-order valence-corrected chi connectivity index (χ0v) is 10.4. The van der Waals surface area contributed by atoms with Crippen molar-refractivity contribution in [2.24, 2.45) is 0 Å². The zero-order valence-electron chi connectivity index (χ0n) is 10.4. The summed E-state index contributed by atoms with van der Waals surface area (Å²) < 4.78 is 23.8. The van der Waals surface area contributed by atoms with Gasteiger partial charge in [-0.15, -0.1) is 0 Å². The maximum absolute atomic E-state index is 13.8. The molecule has 0 aliphatic heterocycles. The second kappa shape index (κ2) is 5.09. The molecule has 0 bridgehead atoms. The quantitative estimate of drug-likeness (QED) is 0.920. The van der Waals surface area contributed by atoms with E-state index in [1.165, 1.54) is 18.2 Å². The third-order valence-electron chi connectivity index (χ3n) is 2.33. The normalized spacial score (nSPS) is 10.7. The molecule has 6 heteroatoms. The Bertz CT molecular complexity index is 606. The lowest BCUT2D eigenvalue weighted by molar-refractivity contribution is 0.0663. The Hall–Kier alpha value is -2.37. The summed E-state index contributed by atoms with van der Waals surface area (Å²) in [6, 6.07) is 4.14. The van der Waals surface area contributed by atoms with Crippen LogP contribution in [0.5, 0.6) is 5.75 Å². The van der Waals surface area contributed by atoms with Crippen molar-refractivity contribution < 1.29 is 23.4 Å². The van der Waals surface area contributed by atoms with Crippen molar-refractivity contribution in [3.63, 3.8) is 0 Å². The molecule has 2 aromatic rings. The largest absolute Gasteiger partial charge is 0.488 e. The fraction of sp³-hybridized carbons (Fsp3) is 0.231. The van der Waals surface area contributed by atoms with Gasteiger partial charge in [-0.05, 0) is 32.0 Å². The number of carboxylic acid groups (broad SMARTS) is 1. The molecule has 0 aliphatic rings. The molecular weight excluding hydrogens is 253 g/mol. The Labute approximate surface area is 108 Å². The van der Waals surface area contributed by atoms with Gasteiger partial charge in [0.05, 0.1) is 6.10 Å². The molecule has 100 valence electrons. The number of hydrogen-bond acceptors (Lipinski definition) is 4. The van der Waals surface area contributed by atoms with Crippen LogP contribution in [0.4, 0.5) is 4.39 Å². The zero-order chi connectivity index (χ0) is 14.0. The molecule has 0 saturated carbocycles. The summed E-state index contributed by atoms with van der Waals surface area (Å²) in [6.07, 6.45) is 0.858. The number of oxazole rings is 1. The molecule has 0 spiro atoms. The van der Waals surface area contributed by atoms with Crippen LogP contribution < -0.4 is 4.74 Å². The standard InChI is InChI=1S/C13H12FNO4/c1-7(2)19-10-4-3-8(5-9(10)14)11-12(13(16)17)18-6-15-11/h3-7H,1-2H3,(H,16,17). The van der Waals surface area contributed by atoms with Crippen LogP contribution in [0.2, 0.25) is 0 Å². The van der Waals surface area contributed by atoms with Crippen molar-refractivity contribution in [3.8, 4) is 17.0 Å². The first-order valence-corrected chi connectivity index (χ1v) is 5.62. The highest BCUT2D eigenvalue weighted by Gasteiger charge is 2.18. The van der Waals surface area contributed by atoms with Crippen molar-refractivity contribution in [3.05, 3.63) is 36.2 Å². The lowest BCUT2D eigenvalue weighted by Gasteiger charge is -2.10. The van der Waals surface area contributed by atoms with E-state index in [0.29, 0.717) is 5.56 Å². The second-order valence-electron chi connectivity index (χ2n) is 4.15. The van der Waals surface area contributed by atoms with E-state index in [4.69, 9.17) is 14.3 Å². The third kappa shape index (κ3) is 2.73. The van der Waals surface area contributed by atoms with Gasteiger partial charge < -0.3 is 14.3 Å². The number of carboxylic acids is 1. The number of hydrogen-bond donors (Lipinski definition) is 1. The Morgan fingerprint density at radius 2 is 2.21 bits per heavy atom. The summed E-state index contributed by atoms with van der Waals surface area (Å²) in [5.41, 5.74) is 0.405. The molecule has 1 heterocycles. The van der Waals surface area contributed by atoms with Crippen LogP contribution in [-0.4, -0.2) is 22.2 Å². The van der Waals surface area contributed by atoms with E-state index in [0.717, 1.165) is 6.39 Å². The van der Waals surface area contributed by atoms with Gasteiger partial charge in [0, 0.05) is 5.56 Å². The van der Waals surface area contributed by atoms with Crippen molar-refractivity contribution in [2.45, 2.75) is 20.0 Å². The highest BCUT2D eigenvalue weighted by Crippen LogP contribution is 2.27. The molecular formula is C13H12FNO4. The third-order valence-corrected chi connectivity index (χ3v) is 2.33. The van der Waals surface area contributed by atoms with Crippen LogP contribution in [0.3, 0.4) is 0 Å². The topological polar surface area (TPSA) is 72.6 Å². The van der Waals surface area contributed by atoms with Gasteiger partial charge in [0.2, 0.25) is 5.76 Å². The van der Waals surface area contributed by atoms with Crippen LogP contribution in [0, 0.1) is 5.82 Å². The average molecular weight is 265 g/mol. The van der Waals surface area contributed by atoms with Gasteiger partial charge in [0.1, 0.15) is 5.69 Å². The molecule has 1 aromatic carbocycles. The molecule has 19 heavy (non-hydrogen) atoms. The highest BCUT2D eigenvalue weighted by molar-refractivity contribution is 5.91. The fourth-order valence-corrected chi connectivity index (χ4v) is 1.60. The average Bonchev–Trinajstić information content (AvgIpc) is 2.80. The van der Waals surface area contributed by atoms with Crippen LogP contribution in [0.25, 0.3) is 11.3 Å². The van der Waals surface area contributed by atoms with E-state index in [1.807, 2.05) is 0 Å². The molecule has 0 fully saturated rings. The molecule has 0 unspecified atom stereocenters. The van der Waals surface area contributed by atoms with E-state index >= 15 is 0 Å². The summed E-state index contributed by atoms with van der Waals surface area (Å²) >= 11 is 0. The number of aromatic carboxylic acids is 1. The first-order valence-electron chi connectivity index (χ1n) is 5.62. The van der Waals surface area contributed by atoms with Gasteiger partial charge in [-0.2, -0.15) is 0 Å². The van der Waals surface area contributed by atoms with Crippen LogP contribution in [0.15, 0.2) is 29.0 Å². The van der Waals surface area contributed by atoms with E-state index in [9.17, 15) is 9.18 Å².